The lowest BCUT2D eigenvalue weighted by Gasteiger charge is -2.05. The SMILES string of the molecule is CCOc1ccc(CC/C(=C\F)CN)cc1. The van der Waals surface area contributed by atoms with Crippen LogP contribution in [0.25, 0.3) is 0 Å². The van der Waals surface area contributed by atoms with Gasteiger partial charge in [-0.15, -0.1) is 0 Å². The van der Waals surface area contributed by atoms with E-state index in [0.717, 1.165) is 17.7 Å². The lowest BCUT2D eigenvalue weighted by molar-refractivity contribution is 0.340. The molecule has 0 saturated heterocycles. The van der Waals surface area contributed by atoms with E-state index < -0.39 is 0 Å². The second kappa shape index (κ2) is 7.01. The van der Waals surface area contributed by atoms with Crippen molar-refractivity contribution in [2.75, 3.05) is 13.2 Å². The molecule has 1 aromatic rings. The maximum atomic E-state index is 12.3. The number of hydrogen-bond donors (Lipinski definition) is 1. The zero-order valence-corrected chi connectivity index (χ0v) is 9.58. The molecular weight excluding hydrogens is 205 g/mol. The molecule has 0 aliphatic carbocycles. The predicted octanol–water partition coefficient (Wildman–Crippen LogP) is 2.83. The fourth-order valence-electron chi connectivity index (χ4n) is 1.43. The van der Waals surface area contributed by atoms with Crippen LogP contribution < -0.4 is 10.5 Å². The molecule has 0 aromatic heterocycles. The van der Waals surface area contributed by atoms with E-state index >= 15 is 0 Å². The summed E-state index contributed by atoms with van der Waals surface area (Å²) in [5, 5.41) is 0. The first kappa shape index (κ1) is 12.7. The third kappa shape index (κ3) is 4.03. The van der Waals surface area contributed by atoms with Crippen LogP contribution in [0.4, 0.5) is 4.39 Å². The first-order chi connectivity index (χ1) is 7.80. The number of rotatable bonds is 6. The van der Waals surface area contributed by atoms with Crippen LogP contribution in [0.15, 0.2) is 36.2 Å². The van der Waals surface area contributed by atoms with Crippen molar-refractivity contribution in [3.05, 3.63) is 41.7 Å². The van der Waals surface area contributed by atoms with Gasteiger partial charge in [-0.05, 0) is 43.0 Å². The molecule has 2 nitrogen and oxygen atoms in total. The van der Waals surface area contributed by atoms with Crippen molar-refractivity contribution in [3.8, 4) is 5.75 Å². The summed E-state index contributed by atoms with van der Waals surface area (Å²) in [5.41, 5.74) is 7.19. The quantitative estimate of drug-likeness (QED) is 0.804. The normalized spacial score (nSPS) is 11.6. The van der Waals surface area contributed by atoms with Gasteiger partial charge in [-0.25, -0.2) is 4.39 Å². The maximum absolute atomic E-state index is 12.3. The maximum Gasteiger partial charge on any atom is 0.119 e. The van der Waals surface area contributed by atoms with Gasteiger partial charge in [-0.2, -0.15) is 0 Å². The Kier molecular flexibility index (Phi) is 5.57. The number of halogens is 1. The van der Waals surface area contributed by atoms with Gasteiger partial charge in [0.2, 0.25) is 0 Å². The van der Waals surface area contributed by atoms with E-state index in [9.17, 15) is 4.39 Å². The topological polar surface area (TPSA) is 35.2 Å². The Hall–Kier alpha value is -1.35. The van der Waals surface area contributed by atoms with Crippen LogP contribution in [0, 0.1) is 0 Å². The summed E-state index contributed by atoms with van der Waals surface area (Å²) in [6.07, 6.45) is 2.08. The molecule has 88 valence electrons. The molecule has 0 unspecified atom stereocenters. The van der Waals surface area contributed by atoms with Gasteiger partial charge in [-0.3, -0.25) is 0 Å². The molecule has 0 heterocycles. The summed E-state index contributed by atoms with van der Waals surface area (Å²) in [4.78, 5) is 0. The highest BCUT2D eigenvalue weighted by Crippen LogP contribution is 2.14. The van der Waals surface area contributed by atoms with Gasteiger partial charge in [0.25, 0.3) is 0 Å². The fourth-order valence-corrected chi connectivity index (χ4v) is 1.43. The van der Waals surface area contributed by atoms with Gasteiger partial charge in [0.15, 0.2) is 0 Å². The highest BCUT2D eigenvalue weighted by atomic mass is 19.1. The van der Waals surface area contributed by atoms with E-state index in [1.807, 2.05) is 31.2 Å². The third-order valence-electron chi connectivity index (χ3n) is 2.39. The van der Waals surface area contributed by atoms with Gasteiger partial charge in [0.05, 0.1) is 12.9 Å². The minimum Gasteiger partial charge on any atom is -0.494 e. The molecule has 0 radical (unpaired) electrons. The zero-order chi connectivity index (χ0) is 11.8. The van der Waals surface area contributed by atoms with E-state index in [0.29, 0.717) is 24.9 Å². The Morgan fingerprint density at radius 2 is 2.06 bits per heavy atom. The van der Waals surface area contributed by atoms with Crippen molar-refractivity contribution in [3.63, 3.8) is 0 Å². The summed E-state index contributed by atoms with van der Waals surface area (Å²) in [6, 6.07) is 7.86. The summed E-state index contributed by atoms with van der Waals surface area (Å²) in [7, 11) is 0. The summed E-state index contributed by atoms with van der Waals surface area (Å²) >= 11 is 0. The van der Waals surface area contributed by atoms with Crippen molar-refractivity contribution in [2.45, 2.75) is 19.8 Å². The smallest absolute Gasteiger partial charge is 0.119 e. The first-order valence-corrected chi connectivity index (χ1v) is 5.50. The van der Waals surface area contributed by atoms with Crippen LogP contribution >= 0.6 is 0 Å². The number of hydrogen-bond acceptors (Lipinski definition) is 2. The predicted molar refractivity (Wildman–Crippen MR) is 64.2 cm³/mol. The van der Waals surface area contributed by atoms with Crippen LogP contribution in [-0.4, -0.2) is 13.2 Å². The van der Waals surface area contributed by atoms with Crippen LogP contribution in [-0.2, 0) is 6.42 Å². The Morgan fingerprint density at radius 1 is 1.38 bits per heavy atom. The highest BCUT2D eigenvalue weighted by molar-refractivity contribution is 5.27. The van der Waals surface area contributed by atoms with Crippen LogP contribution in [0.3, 0.4) is 0 Å². The Labute approximate surface area is 95.9 Å². The zero-order valence-electron chi connectivity index (χ0n) is 9.58. The molecule has 1 rings (SSSR count). The number of ether oxygens (including phenoxy) is 1. The fraction of sp³-hybridized carbons (Fsp3) is 0.385. The largest absolute Gasteiger partial charge is 0.494 e. The molecule has 0 atom stereocenters. The van der Waals surface area contributed by atoms with E-state index in [1.54, 1.807) is 0 Å². The summed E-state index contributed by atoms with van der Waals surface area (Å²) < 4.78 is 17.6. The molecule has 0 bridgehead atoms. The molecule has 0 fully saturated rings. The molecule has 3 heteroatoms. The van der Waals surface area contributed by atoms with Gasteiger partial charge in [-0.1, -0.05) is 12.1 Å². The van der Waals surface area contributed by atoms with E-state index in [1.165, 1.54) is 0 Å². The molecule has 0 aliphatic rings. The molecule has 16 heavy (non-hydrogen) atoms. The third-order valence-corrected chi connectivity index (χ3v) is 2.39. The van der Waals surface area contributed by atoms with Gasteiger partial charge in [0, 0.05) is 6.54 Å². The number of aryl methyl sites for hydroxylation is 1. The minimum absolute atomic E-state index is 0.285. The van der Waals surface area contributed by atoms with Crippen molar-refractivity contribution in [1.29, 1.82) is 0 Å². The standard InChI is InChI=1S/C13H18FNO/c1-2-16-13-7-5-11(6-8-13)3-4-12(9-14)10-15/h5-9H,2-4,10,15H2,1H3/b12-9+. The molecule has 0 spiro atoms. The van der Waals surface area contributed by atoms with Crippen LogP contribution in [0.5, 0.6) is 5.75 Å². The molecule has 0 aliphatic heterocycles. The minimum atomic E-state index is 0.285. The average Bonchev–Trinajstić information content (AvgIpc) is 2.33. The summed E-state index contributed by atoms with van der Waals surface area (Å²) in [5.74, 6) is 0.867. The van der Waals surface area contributed by atoms with E-state index in [4.69, 9.17) is 10.5 Å². The lowest BCUT2D eigenvalue weighted by atomic mass is 10.1. The van der Waals surface area contributed by atoms with Crippen molar-refractivity contribution < 1.29 is 9.13 Å². The Morgan fingerprint density at radius 3 is 2.56 bits per heavy atom. The van der Waals surface area contributed by atoms with Crippen molar-refractivity contribution in [1.82, 2.24) is 0 Å². The van der Waals surface area contributed by atoms with Crippen molar-refractivity contribution in [2.24, 2.45) is 5.73 Å². The second-order valence-electron chi connectivity index (χ2n) is 3.55. The van der Waals surface area contributed by atoms with Gasteiger partial charge in [0.1, 0.15) is 5.75 Å². The lowest BCUT2D eigenvalue weighted by Crippen LogP contribution is -2.03. The number of benzene rings is 1. The second-order valence-corrected chi connectivity index (χ2v) is 3.55. The van der Waals surface area contributed by atoms with Gasteiger partial charge < -0.3 is 10.5 Å². The van der Waals surface area contributed by atoms with Crippen LogP contribution in [0.2, 0.25) is 0 Å². The Balaban J connectivity index is 2.49. The molecule has 0 amide bonds. The molecule has 2 N–H and O–H groups in total. The van der Waals surface area contributed by atoms with E-state index in [2.05, 4.69) is 0 Å². The molecular formula is C13H18FNO. The molecule has 0 saturated carbocycles. The molecule has 1 aromatic carbocycles. The monoisotopic (exact) mass is 223 g/mol. The first-order valence-electron chi connectivity index (χ1n) is 5.50. The Bertz CT molecular complexity index is 332. The van der Waals surface area contributed by atoms with Crippen molar-refractivity contribution >= 4 is 0 Å². The number of nitrogens with two attached hydrogens (primary N) is 1. The summed E-state index contributed by atoms with van der Waals surface area (Å²) in [6.45, 7) is 2.91. The average molecular weight is 223 g/mol. The van der Waals surface area contributed by atoms with E-state index in [-0.39, 0.29) is 6.54 Å². The van der Waals surface area contributed by atoms with Crippen LogP contribution in [0.1, 0.15) is 18.9 Å². The highest BCUT2D eigenvalue weighted by Gasteiger charge is 1.98. The van der Waals surface area contributed by atoms with Gasteiger partial charge >= 0.3 is 0 Å².